The number of hydrogen-bond acceptors (Lipinski definition) is 5. The molecule has 0 fully saturated rings. The summed E-state index contributed by atoms with van der Waals surface area (Å²) in [7, 11) is 0. The van der Waals surface area contributed by atoms with Crippen molar-refractivity contribution in [3.05, 3.63) is 66.4 Å². The molecule has 10 heteroatoms. The van der Waals surface area contributed by atoms with Crippen LogP contribution in [0.2, 0.25) is 0 Å². The summed E-state index contributed by atoms with van der Waals surface area (Å²) in [6.45, 7) is 0. The lowest BCUT2D eigenvalue weighted by Crippen LogP contribution is -2.16. The van der Waals surface area contributed by atoms with Gasteiger partial charge >= 0.3 is 6.36 Å². The van der Waals surface area contributed by atoms with Crippen LogP contribution in [-0.2, 0) is 0 Å². The molecule has 0 aliphatic rings. The van der Waals surface area contributed by atoms with E-state index >= 15 is 0 Å². The van der Waals surface area contributed by atoms with Crippen LogP contribution >= 0.6 is 0 Å². The van der Waals surface area contributed by atoms with Crippen molar-refractivity contribution in [2.45, 2.75) is 6.36 Å². The topological polar surface area (TPSA) is 64.9 Å². The molecule has 134 valence electrons. The number of anilines is 1. The molecule has 0 amide bonds. The zero-order valence-corrected chi connectivity index (χ0v) is 13.0. The first-order valence-electron chi connectivity index (χ1n) is 7.24. The molecule has 0 aliphatic heterocycles. The highest BCUT2D eigenvalue weighted by atomic mass is 19.4. The fourth-order valence-corrected chi connectivity index (χ4v) is 2.03. The first-order chi connectivity index (χ1) is 12.4. The predicted molar refractivity (Wildman–Crippen MR) is 84.9 cm³/mol. The van der Waals surface area contributed by atoms with Crippen LogP contribution in [0.1, 0.15) is 5.82 Å². The van der Waals surface area contributed by atoms with Crippen molar-refractivity contribution < 1.29 is 22.3 Å². The third-order valence-electron chi connectivity index (χ3n) is 3.14. The highest BCUT2D eigenvalue weighted by molar-refractivity contribution is 5.53. The van der Waals surface area contributed by atoms with E-state index in [0.29, 0.717) is 17.2 Å². The number of nitrogens with zero attached hydrogens (tertiary/aromatic N) is 4. The van der Waals surface area contributed by atoms with E-state index < -0.39 is 6.36 Å². The number of hydrogen-bond donors (Lipinski definition) is 1. The fraction of sp³-hybridized carbons (Fsp3) is 0.0625. The average Bonchev–Trinajstić information content (AvgIpc) is 3.04. The molecule has 0 saturated carbocycles. The number of alkyl halides is 3. The Labute approximate surface area is 144 Å². The molecule has 1 heterocycles. The second kappa shape index (κ2) is 7.21. The zero-order chi connectivity index (χ0) is 18.6. The fourth-order valence-electron chi connectivity index (χ4n) is 2.03. The molecule has 2 aromatic carbocycles. The summed E-state index contributed by atoms with van der Waals surface area (Å²) < 4.78 is 54.5. The van der Waals surface area contributed by atoms with E-state index in [9.17, 15) is 17.6 Å². The average molecular weight is 365 g/mol. The zero-order valence-electron chi connectivity index (χ0n) is 13.0. The highest BCUT2D eigenvalue weighted by Crippen LogP contribution is 2.24. The van der Waals surface area contributed by atoms with Gasteiger partial charge in [0.25, 0.3) is 0 Å². The van der Waals surface area contributed by atoms with Gasteiger partial charge in [-0.05, 0) is 59.0 Å². The number of nitrogens with one attached hydrogen (secondary N) is 1. The van der Waals surface area contributed by atoms with E-state index in [-0.39, 0.29) is 11.6 Å². The predicted octanol–water partition coefficient (Wildman–Crippen LogP) is 3.78. The van der Waals surface area contributed by atoms with E-state index in [1.165, 1.54) is 59.4 Å². The van der Waals surface area contributed by atoms with Gasteiger partial charge in [-0.3, -0.25) is 0 Å². The Morgan fingerprint density at radius 3 is 2.35 bits per heavy atom. The number of ether oxygens (including phenoxy) is 1. The van der Waals surface area contributed by atoms with Crippen LogP contribution in [0, 0.1) is 5.82 Å². The van der Waals surface area contributed by atoms with E-state index in [0.717, 1.165) is 0 Å². The SMILES string of the molecule is Fc1ccc(-n2nnnc2/C=C\Nc2ccc(OC(F)(F)F)cc2)cc1. The van der Waals surface area contributed by atoms with Gasteiger partial charge in [-0.25, -0.2) is 4.39 Å². The molecule has 1 aromatic heterocycles. The molecule has 0 unspecified atom stereocenters. The summed E-state index contributed by atoms with van der Waals surface area (Å²) in [5, 5.41) is 14.1. The molecule has 3 aromatic rings. The Morgan fingerprint density at radius 1 is 1.00 bits per heavy atom. The van der Waals surface area contributed by atoms with Crippen molar-refractivity contribution in [2.24, 2.45) is 0 Å². The molecule has 0 aliphatic carbocycles. The number of tetrazole rings is 1. The summed E-state index contributed by atoms with van der Waals surface area (Å²) in [4.78, 5) is 0. The van der Waals surface area contributed by atoms with E-state index in [1.54, 1.807) is 6.08 Å². The minimum Gasteiger partial charge on any atom is -0.406 e. The molecular formula is C16H11F4N5O. The molecule has 1 N–H and O–H groups in total. The molecular weight excluding hydrogens is 354 g/mol. The molecule has 26 heavy (non-hydrogen) atoms. The van der Waals surface area contributed by atoms with Gasteiger partial charge in [0.1, 0.15) is 11.6 Å². The molecule has 0 radical (unpaired) electrons. The lowest BCUT2D eigenvalue weighted by atomic mass is 10.3. The first kappa shape index (κ1) is 17.4. The van der Waals surface area contributed by atoms with Gasteiger partial charge in [-0.2, -0.15) is 4.68 Å². The van der Waals surface area contributed by atoms with Crippen molar-refractivity contribution >= 4 is 11.8 Å². The summed E-state index contributed by atoms with van der Waals surface area (Å²) in [5.41, 5.74) is 1.11. The van der Waals surface area contributed by atoms with Crippen LogP contribution < -0.4 is 10.1 Å². The van der Waals surface area contributed by atoms with Crippen molar-refractivity contribution in [3.63, 3.8) is 0 Å². The molecule has 6 nitrogen and oxygen atoms in total. The van der Waals surface area contributed by atoms with E-state index in [1.807, 2.05) is 0 Å². The lowest BCUT2D eigenvalue weighted by molar-refractivity contribution is -0.274. The van der Waals surface area contributed by atoms with Crippen LogP contribution in [0.5, 0.6) is 5.75 Å². The van der Waals surface area contributed by atoms with Gasteiger partial charge < -0.3 is 10.1 Å². The van der Waals surface area contributed by atoms with Gasteiger partial charge in [0.2, 0.25) is 0 Å². The second-order valence-electron chi connectivity index (χ2n) is 4.98. The van der Waals surface area contributed by atoms with Gasteiger partial charge in [-0.1, -0.05) is 0 Å². The maximum atomic E-state index is 13.0. The van der Waals surface area contributed by atoms with E-state index in [2.05, 4.69) is 25.6 Å². The number of halogens is 4. The first-order valence-corrected chi connectivity index (χ1v) is 7.24. The number of benzene rings is 2. The van der Waals surface area contributed by atoms with Crippen LogP contribution in [0.4, 0.5) is 23.2 Å². The Bertz CT molecular complexity index is 888. The number of aromatic nitrogens is 4. The van der Waals surface area contributed by atoms with Crippen LogP contribution in [0.15, 0.2) is 54.7 Å². The molecule has 0 atom stereocenters. The Kier molecular flexibility index (Phi) is 4.83. The highest BCUT2D eigenvalue weighted by Gasteiger charge is 2.30. The van der Waals surface area contributed by atoms with Crippen LogP contribution in [0.3, 0.4) is 0 Å². The summed E-state index contributed by atoms with van der Waals surface area (Å²) in [5.74, 6) is -0.313. The normalized spacial score (nSPS) is 11.7. The molecule has 0 saturated heterocycles. The molecule has 0 bridgehead atoms. The summed E-state index contributed by atoms with van der Waals surface area (Å²) >= 11 is 0. The maximum absolute atomic E-state index is 13.0. The standard InChI is InChI=1S/C16H11F4N5O/c17-11-1-5-13(6-2-11)25-15(22-23-24-25)9-10-21-12-3-7-14(8-4-12)26-16(18,19)20/h1-10,21H/b10-9-. The maximum Gasteiger partial charge on any atom is 0.573 e. The monoisotopic (exact) mass is 365 g/mol. The summed E-state index contributed by atoms with van der Waals surface area (Å²) in [6.07, 6.45) is -1.65. The number of rotatable bonds is 5. The van der Waals surface area contributed by atoms with Gasteiger partial charge in [0, 0.05) is 18.0 Å². The quantitative estimate of drug-likeness (QED) is 0.697. The largest absolute Gasteiger partial charge is 0.573 e. The van der Waals surface area contributed by atoms with Crippen LogP contribution in [0.25, 0.3) is 11.8 Å². The Hall–Kier alpha value is -3.43. The van der Waals surface area contributed by atoms with Crippen molar-refractivity contribution in [2.75, 3.05) is 5.32 Å². The minimum atomic E-state index is -4.73. The Balaban J connectivity index is 1.66. The van der Waals surface area contributed by atoms with Crippen molar-refractivity contribution in [3.8, 4) is 11.4 Å². The lowest BCUT2D eigenvalue weighted by Gasteiger charge is -2.09. The minimum absolute atomic E-state index is 0.313. The van der Waals surface area contributed by atoms with E-state index in [4.69, 9.17) is 0 Å². The summed E-state index contributed by atoms with van der Waals surface area (Å²) in [6, 6.07) is 10.8. The van der Waals surface area contributed by atoms with Gasteiger partial charge in [0.15, 0.2) is 5.82 Å². The van der Waals surface area contributed by atoms with Crippen LogP contribution in [-0.4, -0.2) is 26.6 Å². The van der Waals surface area contributed by atoms with Gasteiger partial charge in [0.05, 0.1) is 5.69 Å². The van der Waals surface area contributed by atoms with Crippen molar-refractivity contribution in [1.82, 2.24) is 20.2 Å². The molecule has 0 spiro atoms. The van der Waals surface area contributed by atoms with Crippen molar-refractivity contribution in [1.29, 1.82) is 0 Å². The third-order valence-corrected chi connectivity index (χ3v) is 3.14. The third kappa shape index (κ3) is 4.56. The van der Waals surface area contributed by atoms with Gasteiger partial charge in [-0.15, -0.1) is 18.3 Å². The smallest absolute Gasteiger partial charge is 0.406 e. The Morgan fingerprint density at radius 2 is 1.69 bits per heavy atom. The second-order valence-corrected chi connectivity index (χ2v) is 4.98. The molecule has 3 rings (SSSR count).